The van der Waals surface area contributed by atoms with Gasteiger partial charge in [-0.2, -0.15) is 0 Å². The van der Waals surface area contributed by atoms with Crippen LogP contribution in [-0.4, -0.2) is 19.3 Å². The number of fused-ring (bicyclic) bond motifs is 1. The van der Waals surface area contributed by atoms with Gasteiger partial charge in [-0.3, -0.25) is 4.79 Å². The minimum Gasteiger partial charge on any atom is -0.338 e. The smallest absolute Gasteiger partial charge is 0.241 e. The number of hydrogen-bond acceptors (Lipinski definition) is 5. The van der Waals surface area contributed by atoms with E-state index >= 15 is 0 Å². The predicted octanol–water partition coefficient (Wildman–Crippen LogP) is 5.36. The molecule has 5 rings (SSSR count). The van der Waals surface area contributed by atoms with E-state index in [0.29, 0.717) is 30.8 Å². The van der Waals surface area contributed by atoms with Crippen LogP contribution < -0.4 is 15.4 Å². The molecule has 1 amide bonds. The van der Waals surface area contributed by atoms with Crippen molar-refractivity contribution in [3.8, 4) is 0 Å². The third kappa shape index (κ3) is 6.04. The molecule has 0 saturated carbocycles. The summed E-state index contributed by atoms with van der Waals surface area (Å²) in [6.45, 7) is 0. The number of benzene rings is 3. The highest BCUT2D eigenvalue weighted by Crippen LogP contribution is 2.35. The van der Waals surface area contributed by atoms with Gasteiger partial charge in [-0.15, -0.1) is 0 Å². The van der Waals surface area contributed by atoms with Crippen molar-refractivity contribution in [1.29, 1.82) is 0 Å². The quantitative estimate of drug-likeness (QED) is 0.280. The highest BCUT2D eigenvalue weighted by Gasteiger charge is 2.28. The molecule has 3 N–H and O–H groups in total. The minimum absolute atomic E-state index is 0.0933. The van der Waals surface area contributed by atoms with Crippen LogP contribution in [0.15, 0.2) is 102 Å². The fraction of sp³-hybridized carbons (Fsp3) is 0.172. The zero-order valence-corrected chi connectivity index (χ0v) is 21.0. The monoisotopic (exact) mass is 512 g/mol. The van der Waals surface area contributed by atoms with Crippen molar-refractivity contribution in [3.63, 3.8) is 0 Å². The minimum atomic E-state index is -3.63. The van der Waals surface area contributed by atoms with Crippen molar-refractivity contribution >= 4 is 33.1 Å². The van der Waals surface area contributed by atoms with Gasteiger partial charge in [0.1, 0.15) is 0 Å². The van der Waals surface area contributed by atoms with Crippen LogP contribution in [0.4, 0.5) is 17.2 Å². The van der Waals surface area contributed by atoms with Gasteiger partial charge in [-0.25, -0.2) is 18.1 Å². The number of nitrogens with one attached hydrogen (secondary N) is 3. The summed E-state index contributed by atoms with van der Waals surface area (Å²) in [5.74, 6) is 0.430. The molecule has 3 aromatic carbocycles. The van der Waals surface area contributed by atoms with Crippen LogP contribution in [-0.2, 0) is 27.7 Å². The summed E-state index contributed by atoms with van der Waals surface area (Å²) in [6, 6.07) is 27.5. The Balaban J connectivity index is 1.28. The van der Waals surface area contributed by atoms with Crippen LogP contribution >= 0.6 is 0 Å². The molecule has 4 aromatic rings. The lowest BCUT2D eigenvalue weighted by Crippen LogP contribution is -2.27. The summed E-state index contributed by atoms with van der Waals surface area (Å²) in [6.07, 6.45) is 4.16. The van der Waals surface area contributed by atoms with Crippen molar-refractivity contribution in [1.82, 2.24) is 9.71 Å². The van der Waals surface area contributed by atoms with Crippen LogP contribution in [0.3, 0.4) is 0 Å². The van der Waals surface area contributed by atoms with Gasteiger partial charge in [0.2, 0.25) is 15.9 Å². The topological polar surface area (TPSA) is 100 Å². The zero-order valence-electron chi connectivity index (χ0n) is 20.2. The van der Waals surface area contributed by atoms with E-state index in [-0.39, 0.29) is 16.8 Å². The van der Waals surface area contributed by atoms with E-state index in [0.717, 1.165) is 28.8 Å². The van der Waals surface area contributed by atoms with Gasteiger partial charge in [0.15, 0.2) is 5.82 Å². The van der Waals surface area contributed by atoms with Crippen LogP contribution in [0.1, 0.15) is 35.6 Å². The molecule has 0 bridgehead atoms. The molecule has 1 unspecified atom stereocenters. The number of carbonyl (C=O) groups is 1. The lowest BCUT2D eigenvalue weighted by Gasteiger charge is -2.17. The Kier molecular flexibility index (Phi) is 7.30. The second-order valence-electron chi connectivity index (χ2n) is 9.00. The molecule has 8 heteroatoms. The first kappa shape index (κ1) is 24.7. The third-order valence-electron chi connectivity index (χ3n) is 6.40. The molecule has 7 nitrogen and oxygen atoms in total. The maximum atomic E-state index is 12.9. The summed E-state index contributed by atoms with van der Waals surface area (Å²) >= 11 is 0. The number of carbonyl (C=O) groups excluding carboxylic acids is 1. The average Bonchev–Trinajstić information content (AvgIpc) is 3.31. The van der Waals surface area contributed by atoms with Crippen LogP contribution in [0.2, 0.25) is 0 Å². The number of amides is 1. The first-order valence-corrected chi connectivity index (χ1v) is 13.7. The van der Waals surface area contributed by atoms with Crippen molar-refractivity contribution in [2.24, 2.45) is 0 Å². The fourth-order valence-corrected chi connectivity index (χ4v) is 5.79. The fourth-order valence-electron chi connectivity index (χ4n) is 4.52. The molecule has 1 atom stereocenters. The Morgan fingerprint density at radius 2 is 1.68 bits per heavy atom. The van der Waals surface area contributed by atoms with E-state index in [2.05, 4.69) is 20.3 Å². The van der Waals surface area contributed by atoms with E-state index < -0.39 is 10.0 Å². The number of pyridine rings is 1. The van der Waals surface area contributed by atoms with E-state index in [9.17, 15) is 13.2 Å². The second-order valence-corrected chi connectivity index (χ2v) is 10.7. The molecular formula is C29H28N4O3S. The standard InChI is InChI=1S/C29H28N4O3S/c34-28(18-13-21-8-3-1-4-9-21)32-27-12-7-19-30-29(27)31-23-16-14-22-15-17-26(25(22)20-23)33-37(35,36)24-10-5-2-6-11-24/h1-12,14,16,19-20,26,33H,13,15,17-18H2,(H,30,31)(H,32,34). The normalized spacial score (nSPS) is 14.6. The number of nitrogens with zero attached hydrogens (tertiary/aromatic N) is 1. The SMILES string of the molecule is O=C(CCc1ccccc1)Nc1cccnc1Nc1ccc2c(c1)C(NS(=O)(=O)c1ccccc1)CC2. The molecule has 0 spiro atoms. The molecule has 1 aliphatic rings. The van der Waals surface area contributed by atoms with E-state index in [1.807, 2.05) is 48.5 Å². The number of aryl methyl sites for hydroxylation is 2. The molecular weight excluding hydrogens is 484 g/mol. The highest BCUT2D eigenvalue weighted by atomic mass is 32.2. The van der Waals surface area contributed by atoms with Gasteiger partial charge in [0.25, 0.3) is 0 Å². The summed E-state index contributed by atoms with van der Waals surface area (Å²) in [5.41, 5.74) is 4.51. The average molecular weight is 513 g/mol. The van der Waals surface area contributed by atoms with Gasteiger partial charge < -0.3 is 10.6 Å². The maximum absolute atomic E-state index is 12.9. The molecule has 1 aliphatic carbocycles. The van der Waals surface area contributed by atoms with Crippen molar-refractivity contribution in [3.05, 3.63) is 114 Å². The van der Waals surface area contributed by atoms with E-state index in [1.54, 1.807) is 48.7 Å². The Morgan fingerprint density at radius 3 is 2.46 bits per heavy atom. The van der Waals surface area contributed by atoms with Gasteiger partial charge in [-0.05, 0) is 72.4 Å². The first-order valence-electron chi connectivity index (χ1n) is 12.2. The van der Waals surface area contributed by atoms with Crippen molar-refractivity contribution in [2.75, 3.05) is 10.6 Å². The molecule has 188 valence electrons. The van der Waals surface area contributed by atoms with Gasteiger partial charge in [-0.1, -0.05) is 54.6 Å². The molecule has 0 radical (unpaired) electrons. The van der Waals surface area contributed by atoms with Gasteiger partial charge >= 0.3 is 0 Å². The number of rotatable bonds is 9. The van der Waals surface area contributed by atoms with Crippen molar-refractivity contribution in [2.45, 2.75) is 36.6 Å². The summed E-state index contributed by atoms with van der Waals surface area (Å²) in [5, 5.41) is 6.25. The molecule has 37 heavy (non-hydrogen) atoms. The van der Waals surface area contributed by atoms with Gasteiger partial charge in [0, 0.05) is 24.3 Å². The first-order chi connectivity index (χ1) is 18.0. The highest BCUT2D eigenvalue weighted by molar-refractivity contribution is 7.89. The summed E-state index contributed by atoms with van der Waals surface area (Å²) < 4.78 is 28.6. The van der Waals surface area contributed by atoms with E-state index in [4.69, 9.17) is 0 Å². The van der Waals surface area contributed by atoms with Crippen LogP contribution in [0, 0.1) is 0 Å². The lowest BCUT2D eigenvalue weighted by molar-refractivity contribution is -0.116. The summed E-state index contributed by atoms with van der Waals surface area (Å²) in [7, 11) is -3.63. The largest absolute Gasteiger partial charge is 0.338 e. The molecule has 1 heterocycles. The van der Waals surface area contributed by atoms with Crippen LogP contribution in [0.5, 0.6) is 0 Å². The third-order valence-corrected chi connectivity index (χ3v) is 7.89. The number of sulfonamides is 1. The Bertz CT molecular complexity index is 1490. The number of aromatic nitrogens is 1. The Hall–Kier alpha value is -4.01. The molecule has 0 saturated heterocycles. The van der Waals surface area contributed by atoms with Crippen LogP contribution in [0.25, 0.3) is 0 Å². The maximum Gasteiger partial charge on any atom is 0.241 e. The Morgan fingerprint density at radius 1 is 0.919 bits per heavy atom. The van der Waals surface area contributed by atoms with Crippen molar-refractivity contribution < 1.29 is 13.2 Å². The Labute approximate surface area is 217 Å². The summed E-state index contributed by atoms with van der Waals surface area (Å²) in [4.78, 5) is 17.3. The number of hydrogen-bond donors (Lipinski definition) is 3. The second kappa shape index (κ2) is 10.9. The molecule has 1 aromatic heterocycles. The molecule has 0 aliphatic heterocycles. The number of anilines is 3. The predicted molar refractivity (Wildman–Crippen MR) is 145 cm³/mol. The molecule has 0 fully saturated rings. The zero-order chi connectivity index (χ0) is 25.7. The van der Waals surface area contributed by atoms with Gasteiger partial charge in [0.05, 0.1) is 10.6 Å². The van der Waals surface area contributed by atoms with E-state index in [1.165, 1.54) is 0 Å². The lowest BCUT2D eigenvalue weighted by atomic mass is 10.1.